The summed E-state index contributed by atoms with van der Waals surface area (Å²) in [6.07, 6.45) is 1.20. The summed E-state index contributed by atoms with van der Waals surface area (Å²) in [5.41, 5.74) is 1.95. The van der Waals surface area contributed by atoms with Gasteiger partial charge in [0.2, 0.25) is 0 Å². The number of benzene rings is 2. The first-order chi connectivity index (χ1) is 18.2. The fraction of sp³-hybridized carbons (Fsp3) is 0.231. The Labute approximate surface area is 238 Å². The third-order valence-electron chi connectivity index (χ3n) is 5.75. The van der Waals surface area contributed by atoms with Gasteiger partial charge in [0.25, 0.3) is 11.8 Å². The predicted molar refractivity (Wildman–Crippen MR) is 147 cm³/mol. The van der Waals surface area contributed by atoms with Crippen LogP contribution in [0.15, 0.2) is 45.4 Å². The molecule has 2 aromatic carbocycles. The van der Waals surface area contributed by atoms with Crippen LogP contribution < -0.4 is 10.6 Å². The van der Waals surface area contributed by atoms with E-state index in [2.05, 4.69) is 20.9 Å². The molecular weight excluding hydrogens is 574 g/mol. The zero-order valence-electron chi connectivity index (χ0n) is 20.3. The van der Waals surface area contributed by atoms with Crippen LogP contribution in [-0.4, -0.2) is 35.2 Å². The average molecular weight is 596 g/mol. The average Bonchev–Trinajstić information content (AvgIpc) is 3.43. The molecule has 0 fully saturated rings. The Morgan fingerprint density at radius 2 is 1.03 bits per heavy atom. The molecule has 0 aliphatic carbocycles. The zero-order valence-corrected chi connectivity index (χ0v) is 23.4. The van der Waals surface area contributed by atoms with Crippen molar-refractivity contribution in [2.24, 2.45) is 0 Å². The molecule has 0 spiro atoms. The highest BCUT2D eigenvalue weighted by Gasteiger charge is 2.26. The number of carbonyl (C=O) groups is 2. The van der Waals surface area contributed by atoms with E-state index in [-0.39, 0.29) is 34.3 Å². The van der Waals surface area contributed by atoms with Crippen molar-refractivity contribution in [2.45, 2.75) is 26.7 Å². The molecule has 198 valence electrons. The van der Waals surface area contributed by atoms with Gasteiger partial charge in [-0.05, 0) is 51.0 Å². The first kappa shape index (κ1) is 28.0. The lowest BCUT2D eigenvalue weighted by Crippen LogP contribution is -2.28. The second-order valence-electron chi connectivity index (χ2n) is 8.34. The number of rotatable bonds is 9. The van der Waals surface area contributed by atoms with Crippen molar-refractivity contribution in [1.82, 2.24) is 20.9 Å². The first-order valence-electron chi connectivity index (χ1n) is 11.6. The molecule has 0 aliphatic rings. The van der Waals surface area contributed by atoms with Gasteiger partial charge in [-0.15, -0.1) is 0 Å². The van der Waals surface area contributed by atoms with Gasteiger partial charge in [-0.3, -0.25) is 9.59 Å². The Morgan fingerprint density at radius 3 is 1.37 bits per heavy atom. The van der Waals surface area contributed by atoms with Crippen LogP contribution in [0.5, 0.6) is 0 Å². The van der Waals surface area contributed by atoms with Crippen LogP contribution in [0.3, 0.4) is 0 Å². The normalized spacial score (nSPS) is 11.0. The molecule has 2 amide bonds. The largest absolute Gasteiger partial charge is 0.360 e. The van der Waals surface area contributed by atoms with Crippen molar-refractivity contribution in [2.75, 3.05) is 13.1 Å². The van der Waals surface area contributed by atoms with Crippen LogP contribution in [0.2, 0.25) is 20.1 Å². The lowest BCUT2D eigenvalue weighted by molar-refractivity contribution is 0.0938. The van der Waals surface area contributed by atoms with Crippen molar-refractivity contribution in [3.63, 3.8) is 0 Å². The van der Waals surface area contributed by atoms with Gasteiger partial charge in [0.05, 0.1) is 20.1 Å². The number of hydrogen-bond donors (Lipinski definition) is 2. The van der Waals surface area contributed by atoms with E-state index in [4.69, 9.17) is 55.4 Å². The molecule has 2 aromatic heterocycles. The maximum Gasteiger partial charge on any atom is 0.257 e. The minimum Gasteiger partial charge on any atom is -0.360 e. The number of nitrogens with one attached hydrogen (secondary N) is 2. The molecule has 0 radical (unpaired) electrons. The van der Waals surface area contributed by atoms with Crippen molar-refractivity contribution in [3.8, 4) is 22.5 Å². The highest BCUT2D eigenvalue weighted by Crippen LogP contribution is 2.37. The fourth-order valence-corrected chi connectivity index (χ4v) is 5.05. The van der Waals surface area contributed by atoms with E-state index >= 15 is 0 Å². The molecule has 12 heteroatoms. The second kappa shape index (κ2) is 12.2. The van der Waals surface area contributed by atoms with E-state index in [1.807, 2.05) is 0 Å². The van der Waals surface area contributed by atoms with Gasteiger partial charge in [-0.2, -0.15) is 0 Å². The molecule has 4 rings (SSSR count). The maximum absolute atomic E-state index is 12.9. The van der Waals surface area contributed by atoms with Gasteiger partial charge in [0.1, 0.15) is 34.0 Å². The smallest absolute Gasteiger partial charge is 0.257 e. The van der Waals surface area contributed by atoms with Crippen molar-refractivity contribution in [3.05, 3.63) is 79.1 Å². The Kier molecular flexibility index (Phi) is 8.99. The zero-order chi connectivity index (χ0) is 27.4. The molecule has 4 aromatic rings. The topological polar surface area (TPSA) is 110 Å². The van der Waals surface area contributed by atoms with Crippen LogP contribution in [0.4, 0.5) is 0 Å². The van der Waals surface area contributed by atoms with Gasteiger partial charge < -0.3 is 19.7 Å². The Bertz CT molecular complexity index is 1350. The molecule has 2 heterocycles. The van der Waals surface area contributed by atoms with Gasteiger partial charge in [-0.25, -0.2) is 0 Å². The third kappa shape index (κ3) is 5.83. The van der Waals surface area contributed by atoms with Gasteiger partial charge in [0, 0.05) is 24.2 Å². The number of halogens is 4. The number of carbonyl (C=O) groups excluding carboxylic acids is 2. The standard InChI is InChI=1S/C26H22Cl4N4O4/c1-13-19(23(33-37-13)21-15(27)7-5-8-16(21)28)25(35)31-11-3-4-12-32-26(36)20-14(2)38-34-24(20)22-17(29)9-6-10-18(22)30/h5-10H,3-4,11-12H2,1-2H3,(H,31,35)(H,32,36). The predicted octanol–water partition coefficient (Wildman–Crippen LogP) is 7.17. The first-order valence-corrected chi connectivity index (χ1v) is 13.1. The Hall–Kier alpha value is -3.04. The van der Waals surface area contributed by atoms with Crippen molar-refractivity contribution >= 4 is 58.2 Å². The molecule has 2 N–H and O–H groups in total. The highest BCUT2D eigenvalue weighted by molar-refractivity contribution is 6.40. The van der Waals surface area contributed by atoms with Gasteiger partial charge in [-0.1, -0.05) is 68.8 Å². The lowest BCUT2D eigenvalue weighted by Gasteiger charge is -2.09. The number of aromatic nitrogens is 2. The van der Waals surface area contributed by atoms with Crippen LogP contribution >= 0.6 is 46.4 Å². The van der Waals surface area contributed by atoms with Gasteiger partial charge >= 0.3 is 0 Å². The summed E-state index contributed by atoms with van der Waals surface area (Å²) in [5.74, 6) is -0.0289. The minimum absolute atomic E-state index is 0.266. The Balaban J connectivity index is 1.32. The monoisotopic (exact) mass is 594 g/mol. The van der Waals surface area contributed by atoms with Crippen LogP contribution in [0, 0.1) is 13.8 Å². The van der Waals surface area contributed by atoms with E-state index in [0.717, 1.165) is 0 Å². The van der Waals surface area contributed by atoms with Crippen molar-refractivity contribution in [1.29, 1.82) is 0 Å². The molecule has 8 nitrogen and oxygen atoms in total. The minimum atomic E-state index is -0.361. The summed E-state index contributed by atoms with van der Waals surface area (Å²) in [4.78, 5) is 25.8. The third-order valence-corrected chi connectivity index (χ3v) is 7.01. The van der Waals surface area contributed by atoms with Crippen LogP contribution in [0.25, 0.3) is 22.5 Å². The SMILES string of the molecule is Cc1onc(-c2c(Cl)cccc2Cl)c1C(=O)NCCCCNC(=O)c1c(-c2c(Cl)cccc2Cl)noc1C. The van der Waals surface area contributed by atoms with E-state index in [0.29, 0.717) is 68.7 Å². The Morgan fingerprint density at radius 1 is 0.684 bits per heavy atom. The summed E-state index contributed by atoms with van der Waals surface area (Å²) >= 11 is 25.2. The molecular formula is C26H22Cl4N4O4. The van der Waals surface area contributed by atoms with E-state index < -0.39 is 0 Å². The molecule has 38 heavy (non-hydrogen) atoms. The summed E-state index contributed by atoms with van der Waals surface area (Å²) in [6.45, 7) is 4.01. The number of nitrogens with zero attached hydrogens (tertiary/aromatic N) is 2. The summed E-state index contributed by atoms with van der Waals surface area (Å²) in [5, 5.41) is 15.1. The summed E-state index contributed by atoms with van der Waals surface area (Å²) in [7, 11) is 0. The van der Waals surface area contributed by atoms with Crippen LogP contribution in [-0.2, 0) is 0 Å². The van der Waals surface area contributed by atoms with E-state index in [1.54, 1.807) is 50.2 Å². The van der Waals surface area contributed by atoms with Crippen LogP contribution in [0.1, 0.15) is 45.1 Å². The molecule has 0 bridgehead atoms. The quantitative estimate of drug-likeness (QED) is 0.198. The fourth-order valence-electron chi connectivity index (χ4n) is 3.90. The maximum atomic E-state index is 12.9. The van der Waals surface area contributed by atoms with E-state index in [1.165, 1.54) is 0 Å². The summed E-state index contributed by atoms with van der Waals surface area (Å²) in [6, 6.07) is 10.1. The summed E-state index contributed by atoms with van der Waals surface area (Å²) < 4.78 is 10.5. The van der Waals surface area contributed by atoms with E-state index in [9.17, 15) is 9.59 Å². The molecule has 0 saturated heterocycles. The second-order valence-corrected chi connectivity index (χ2v) is 9.97. The highest BCUT2D eigenvalue weighted by atomic mass is 35.5. The molecule has 0 unspecified atom stereocenters. The lowest BCUT2D eigenvalue weighted by atomic mass is 10.1. The number of aryl methyl sites for hydroxylation is 2. The molecule has 0 saturated carbocycles. The van der Waals surface area contributed by atoms with Crippen molar-refractivity contribution < 1.29 is 18.6 Å². The molecule has 0 aliphatic heterocycles. The van der Waals surface area contributed by atoms with Gasteiger partial charge in [0.15, 0.2) is 0 Å². The number of unbranched alkanes of at least 4 members (excludes halogenated alkanes) is 1. The number of amides is 2. The number of hydrogen-bond acceptors (Lipinski definition) is 6. The molecule has 0 atom stereocenters.